The third-order valence-corrected chi connectivity index (χ3v) is 4.76. The van der Waals surface area contributed by atoms with Crippen LogP contribution < -0.4 is 0 Å². The van der Waals surface area contributed by atoms with E-state index in [4.69, 9.17) is 4.74 Å². The SMILES string of the molecule is CC.COC1CCN(CC2CCN(C(C)C)CC2)CC1. The average Bonchev–Trinajstić information content (AvgIpc) is 2.50. The standard InChI is InChI=1S/C15H30N2O.C2H6/c1-13(2)17-10-4-14(5-11-17)12-16-8-6-15(18-3)7-9-16;1-2/h13-15H,4-12H2,1-3H3;1-2H3. The van der Waals surface area contributed by atoms with E-state index in [1.165, 1.54) is 58.4 Å². The Morgan fingerprint density at radius 3 is 1.95 bits per heavy atom. The van der Waals surface area contributed by atoms with E-state index < -0.39 is 0 Å². The quantitative estimate of drug-likeness (QED) is 0.788. The minimum Gasteiger partial charge on any atom is -0.381 e. The molecule has 2 aliphatic heterocycles. The second-order valence-electron chi connectivity index (χ2n) is 6.31. The van der Waals surface area contributed by atoms with E-state index in [0.29, 0.717) is 6.10 Å². The van der Waals surface area contributed by atoms with Crippen LogP contribution in [0.3, 0.4) is 0 Å². The molecule has 0 unspecified atom stereocenters. The molecule has 3 heteroatoms. The van der Waals surface area contributed by atoms with Crippen LogP contribution in [-0.2, 0) is 4.74 Å². The molecule has 20 heavy (non-hydrogen) atoms. The van der Waals surface area contributed by atoms with Crippen LogP contribution in [0, 0.1) is 5.92 Å². The van der Waals surface area contributed by atoms with Crippen LogP contribution in [-0.4, -0.2) is 61.8 Å². The number of hydrogen-bond donors (Lipinski definition) is 0. The Hall–Kier alpha value is -0.120. The largest absolute Gasteiger partial charge is 0.381 e. The van der Waals surface area contributed by atoms with Crippen LogP contribution in [0.15, 0.2) is 0 Å². The van der Waals surface area contributed by atoms with Gasteiger partial charge in [0.15, 0.2) is 0 Å². The van der Waals surface area contributed by atoms with Crippen molar-refractivity contribution in [2.75, 3.05) is 39.8 Å². The van der Waals surface area contributed by atoms with Crippen molar-refractivity contribution in [3.05, 3.63) is 0 Å². The number of piperidine rings is 2. The number of nitrogens with zero attached hydrogens (tertiary/aromatic N) is 2. The van der Waals surface area contributed by atoms with E-state index >= 15 is 0 Å². The summed E-state index contributed by atoms with van der Waals surface area (Å²) in [6.45, 7) is 15.0. The molecule has 0 saturated carbocycles. The summed E-state index contributed by atoms with van der Waals surface area (Å²) >= 11 is 0. The van der Waals surface area contributed by atoms with Crippen LogP contribution in [0.5, 0.6) is 0 Å². The zero-order valence-corrected chi connectivity index (χ0v) is 14.4. The number of rotatable bonds is 4. The van der Waals surface area contributed by atoms with Gasteiger partial charge in [-0.3, -0.25) is 0 Å². The van der Waals surface area contributed by atoms with Gasteiger partial charge in [0, 0.05) is 32.8 Å². The number of methoxy groups -OCH3 is 1. The van der Waals surface area contributed by atoms with Gasteiger partial charge in [-0.05, 0) is 58.5 Å². The Bertz CT molecular complexity index is 229. The highest BCUT2D eigenvalue weighted by Gasteiger charge is 2.25. The predicted octanol–water partition coefficient (Wildman–Crippen LogP) is 3.24. The first kappa shape index (κ1) is 17.9. The molecule has 0 aromatic carbocycles. The normalized spacial score (nSPS) is 23.7. The van der Waals surface area contributed by atoms with Crippen molar-refractivity contribution in [1.29, 1.82) is 0 Å². The molecular formula is C17H36N2O. The molecule has 0 N–H and O–H groups in total. The summed E-state index contributed by atoms with van der Waals surface area (Å²) in [6.07, 6.45) is 5.75. The van der Waals surface area contributed by atoms with Crippen molar-refractivity contribution in [3.8, 4) is 0 Å². The molecule has 3 nitrogen and oxygen atoms in total. The highest BCUT2D eigenvalue weighted by atomic mass is 16.5. The Balaban J connectivity index is 0.000000956. The highest BCUT2D eigenvalue weighted by Crippen LogP contribution is 2.22. The summed E-state index contributed by atoms with van der Waals surface area (Å²) in [6, 6.07) is 0.725. The smallest absolute Gasteiger partial charge is 0.0595 e. The fraction of sp³-hybridized carbons (Fsp3) is 1.00. The highest BCUT2D eigenvalue weighted by molar-refractivity contribution is 4.79. The third kappa shape index (κ3) is 5.71. The van der Waals surface area contributed by atoms with Crippen molar-refractivity contribution in [3.63, 3.8) is 0 Å². The van der Waals surface area contributed by atoms with E-state index in [1.54, 1.807) is 0 Å². The van der Waals surface area contributed by atoms with Crippen molar-refractivity contribution < 1.29 is 4.74 Å². The van der Waals surface area contributed by atoms with E-state index in [-0.39, 0.29) is 0 Å². The summed E-state index contributed by atoms with van der Waals surface area (Å²) in [4.78, 5) is 5.28. The van der Waals surface area contributed by atoms with E-state index in [2.05, 4.69) is 23.6 Å². The second-order valence-corrected chi connectivity index (χ2v) is 6.31. The Morgan fingerprint density at radius 2 is 1.50 bits per heavy atom. The van der Waals surface area contributed by atoms with Gasteiger partial charge in [0.2, 0.25) is 0 Å². The van der Waals surface area contributed by atoms with Gasteiger partial charge < -0.3 is 14.5 Å². The summed E-state index contributed by atoms with van der Waals surface area (Å²) in [5, 5.41) is 0. The van der Waals surface area contributed by atoms with Crippen LogP contribution >= 0.6 is 0 Å². The maximum Gasteiger partial charge on any atom is 0.0595 e. The number of ether oxygens (including phenoxy) is 1. The third-order valence-electron chi connectivity index (χ3n) is 4.76. The molecule has 0 radical (unpaired) electrons. The van der Waals surface area contributed by atoms with E-state index in [0.717, 1.165) is 12.0 Å². The van der Waals surface area contributed by atoms with Gasteiger partial charge in [0.05, 0.1) is 6.10 Å². The molecule has 2 fully saturated rings. The molecule has 0 amide bonds. The molecule has 2 saturated heterocycles. The lowest BCUT2D eigenvalue weighted by molar-refractivity contribution is 0.0310. The molecule has 0 aromatic rings. The molecule has 0 bridgehead atoms. The van der Waals surface area contributed by atoms with Crippen LogP contribution in [0.2, 0.25) is 0 Å². The van der Waals surface area contributed by atoms with Crippen LogP contribution in [0.1, 0.15) is 53.4 Å². The van der Waals surface area contributed by atoms with Crippen LogP contribution in [0.4, 0.5) is 0 Å². The Kier molecular flexibility index (Phi) is 8.74. The van der Waals surface area contributed by atoms with Crippen LogP contribution in [0.25, 0.3) is 0 Å². The summed E-state index contributed by atoms with van der Waals surface area (Å²) in [5.74, 6) is 0.930. The molecule has 0 atom stereocenters. The lowest BCUT2D eigenvalue weighted by Gasteiger charge is -2.38. The first-order valence-electron chi connectivity index (χ1n) is 8.68. The fourth-order valence-corrected chi connectivity index (χ4v) is 3.34. The zero-order chi connectivity index (χ0) is 15.0. The predicted molar refractivity (Wildman–Crippen MR) is 87.3 cm³/mol. The number of likely N-dealkylation sites (tertiary alicyclic amines) is 2. The molecule has 2 heterocycles. The Labute approximate surface area is 126 Å². The first-order valence-corrected chi connectivity index (χ1v) is 8.68. The summed E-state index contributed by atoms with van der Waals surface area (Å²) in [7, 11) is 1.85. The van der Waals surface area contributed by atoms with E-state index in [9.17, 15) is 0 Å². The number of hydrogen-bond acceptors (Lipinski definition) is 3. The molecule has 2 aliphatic rings. The lowest BCUT2D eigenvalue weighted by Crippen LogP contribution is -2.44. The fourth-order valence-electron chi connectivity index (χ4n) is 3.34. The summed E-state index contributed by atoms with van der Waals surface area (Å²) in [5.41, 5.74) is 0. The maximum absolute atomic E-state index is 5.44. The first-order chi connectivity index (χ1) is 9.69. The second kappa shape index (κ2) is 9.75. The van der Waals surface area contributed by atoms with Gasteiger partial charge in [0.1, 0.15) is 0 Å². The average molecular weight is 284 g/mol. The monoisotopic (exact) mass is 284 g/mol. The van der Waals surface area contributed by atoms with Gasteiger partial charge in [-0.2, -0.15) is 0 Å². The Morgan fingerprint density at radius 1 is 0.950 bits per heavy atom. The molecule has 120 valence electrons. The lowest BCUT2D eigenvalue weighted by atomic mass is 9.94. The molecular weight excluding hydrogens is 248 g/mol. The van der Waals surface area contributed by atoms with Crippen molar-refractivity contribution in [2.24, 2.45) is 5.92 Å². The van der Waals surface area contributed by atoms with E-state index in [1.807, 2.05) is 21.0 Å². The maximum atomic E-state index is 5.44. The van der Waals surface area contributed by atoms with Gasteiger partial charge in [-0.1, -0.05) is 13.8 Å². The molecule has 2 rings (SSSR count). The van der Waals surface area contributed by atoms with Crippen molar-refractivity contribution in [1.82, 2.24) is 9.80 Å². The molecule has 0 aromatic heterocycles. The van der Waals surface area contributed by atoms with Gasteiger partial charge in [0.25, 0.3) is 0 Å². The minimum absolute atomic E-state index is 0.518. The minimum atomic E-state index is 0.518. The van der Waals surface area contributed by atoms with Crippen molar-refractivity contribution >= 4 is 0 Å². The van der Waals surface area contributed by atoms with Gasteiger partial charge in [-0.15, -0.1) is 0 Å². The molecule has 0 aliphatic carbocycles. The summed E-state index contributed by atoms with van der Waals surface area (Å²) < 4.78 is 5.44. The van der Waals surface area contributed by atoms with Gasteiger partial charge >= 0.3 is 0 Å². The topological polar surface area (TPSA) is 15.7 Å². The molecule has 0 spiro atoms. The van der Waals surface area contributed by atoms with Gasteiger partial charge in [-0.25, -0.2) is 0 Å². The zero-order valence-electron chi connectivity index (χ0n) is 14.4. The van der Waals surface area contributed by atoms with Crippen molar-refractivity contribution in [2.45, 2.75) is 65.5 Å².